The SMILES string of the molecule is c1ccc(-c2ccc(N(c3ccc4cc(-c5ccccc5)ccc4c3)c3cc4c(cc3-c3cccc5c3CCCCC5)Sc3ccccc3S4)cc2)cc1. The Morgan fingerprint density at radius 1 is 0.370 bits per heavy atom. The minimum atomic E-state index is 1.12. The number of nitrogens with zero attached hydrogens (tertiary/aromatic N) is 1. The molecule has 8 aromatic rings. The first kappa shape index (κ1) is 33.1. The average Bonchev–Trinajstić information content (AvgIpc) is 3.50. The van der Waals surface area contributed by atoms with Crippen LogP contribution in [-0.4, -0.2) is 0 Å². The van der Waals surface area contributed by atoms with E-state index in [1.165, 1.54) is 99.8 Å². The van der Waals surface area contributed by atoms with Crippen molar-refractivity contribution in [2.24, 2.45) is 0 Å². The van der Waals surface area contributed by atoms with Gasteiger partial charge in [-0.25, -0.2) is 0 Å². The third-order valence-electron chi connectivity index (χ3n) is 10.9. The van der Waals surface area contributed by atoms with Crippen molar-refractivity contribution < 1.29 is 0 Å². The van der Waals surface area contributed by atoms with E-state index in [0.717, 1.165) is 24.2 Å². The predicted molar refractivity (Wildman–Crippen MR) is 231 cm³/mol. The number of benzene rings is 8. The topological polar surface area (TPSA) is 3.24 Å². The highest BCUT2D eigenvalue weighted by atomic mass is 32.2. The summed E-state index contributed by atoms with van der Waals surface area (Å²) in [5.74, 6) is 0. The zero-order valence-electron chi connectivity index (χ0n) is 30.0. The van der Waals surface area contributed by atoms with E-state index in [1.807, 2.05) is 23.5 Å². The van der Waals surface area contributed by atoms with E-state index in [-0.39, 0.29) is 0 Å². The van der Waals surface area contributed by atoms with Gasteiger partial charge in [-0.05, 0) is 130 Å². The molecule has 0 fully saturated rings. The molecule has 54 heavy (non-hydrogen) atoms. The van der Waals surface area contributed by atoms with Crippen molar-refractivity contribution in [1.29, 1.82) is 0 Å². The highest BCUT2D eigenvalue weighted by molar-refractivity contribution is 8.05. The summed E-state index contributed by atoms with van der Waals surface area (Å²) in [6.45, 7) is 0. The van der Waals surface area contributed by atoms with Crippen molar-refractivity contribution in [2.75, 3.05) is 4.90 Å². The second-order valence-corrected chi connectivity index (χ2v) is 16.5. The molecule has 3 heteroatoms. The maximum Gasteiger partial charge on any atom is 0.0552 e. The fourth-order valence-corrected chi connectivity index (χ4v) is 10.5. The Morgan fingerprint density at radius 3 is 1.72 bits per heavy atom. The Bertz CT molecular complexity index is 2630. The average molecular weight is 730 g/mol. The molecule has 1 aliphatic heterocycles. The van der Waals surface area contributed by atoms with Gasteiger partial charge in [-0.2, -0.15) is 0 Å². The van der Waals surface area contributed by atoms with E-state index in [2.05, 4.69) is 181 Å². The first-order valence-electron chi connectivity index (χ1n) is 19.0. The molecule has 0 spiro atoms. The van der Waals surface area contributed by atoms with Gasteiger partial charge in [-0.3, -0.25) is 0 Å². The Morgan fingerprint density at radius 2 is 0.963 bits per heavy atom. The van der Waals surface area contributed by atoms with Crippen molar-refractivity contribution in [3.63, 3.8) is 0 Å². The fraction of sp³-hybridized carbons (Fsp3) is 0.0980. The first-order valence-corrected chi connectivity index (χ1v) is 20.7. The Labute approximate surface area is 326 Å². The van der Waals surface area contributed by atoms with Crippen LogP contribution in [0.25, 0.3) is 44.2 Å². The van der Waals surface area contributed by atoms with Crippen molar-refractivity contribution in [3.8, 4) is 33.4 Å². The van der Waals surface area contributed by atoms with Crippen LogP contribution in [0.5, 0.6) is 0 Å². The number of rotatable bonds is 6. The molecule has 0 saturated heterocycles. The molecule has 0 amide bonds. The van der Waals surface area contributed by atoms with Crippen LogP contribution < -0.4 is 4.90 Å². The smallest absolute Gasteiger partial charge is 0.0552 e. The Balaban J connectivity index is 1.19. The third kappa shape index (κ3) is 6.32. The van der Waals surface area contributed by atoms with Crippen LogP contribution in [0.4, 0.5) is 17.1 Å². The second-order valence-electron chi connectivity index (χ2n) is 14.3. The second kappa shape index (κ2) is 14.4. The normalized spacial score (nSPS) is 13.4. The van der Waals surface area contributed by atoms with Gasteiger partial charge in [0.25, 0.3) is 0 Å². The van der Waals surface area contributed by atoms with Crippen LogP contribution in [-0.2, 0) is 12.8 Å². The van der Waals surface area contributed by atoms with Crippen molar-refractivity contribution >= 4 is 51.4 Å². The summed E-state index contributed by atoms with van der Waals surface area (Å²) in [6.07, 6.45) is 6.07. The van der Waals surface area contributed by atoms with Gasteiger partial charge in [-0.1, -0.05) is 151 Å². The summed E-state index contributed by atoms with van der Waals surface area (Å²) in [6, 6.07) is 65.2. The van der Waals surface area contributed by atoms with Crippen molar-refractivity contribution in [2.45, 2.75) is 51.7 Å². The quantitative estimate of drug-likeness (QED) is 0.157. The molecule has 0 radical (unpaired) electrons. The molecule has 1 aliphatic carbocycles. The van der Waals surface area contributed by atoms with Gasteiger partial charge in [0.1, 0.15) is 0 Å². The summed E-state index contributed by atoms with van der Waals surface area (Å²) >= 11 is 3.80. The first-order chi connectivity index (χ1) is 26.7. The van der Waals surface area contributed by atoms with Crippen LogP contribution in [0.1, 0.15) is 30.4 Å². The van der Waals surface area contributed by atoms with Crippen LogP contribution in [0.15, 0.2) is 196 Å². The van der Waals surface area contributed by atoms with Crippen LogP contribution in [0, 0.1) is 0 Å². The highest BCUT2D eigenvalue weighted by Gasteiger charge is 2.26. The molecule has 0 saturated carbocycles. The molecule has 0 aromatic heterocycles. The maximum absolute atomic E-state index is 2.51. The maximum atomic E-state index is 2.51. The third-order valence-corrected chi connectivity index (χ3v) is 13.5. The molecule has 0 atom stereocenters. The number of aryl methyl sites for hydroxylation is 1. The van der Waals surface area contributed by atoms with Gasteiger partial charge >= 0.3 is 0 Å². The van der Waals surface area contributed by atoms with Crippen LogP contribution >= 0.6 is 23.5 Å². The van der Waals surface area contributed by atoms with Crippen LogP contribution in [0.2, 0.25) is 0 Å². The molecule has 2 aliphatic rings. The molecule has 8 aromatic carbocycles. The Kier molecular flexibility index (Phi) is 8.83. The number of fused-ring (bicyclic) bond motifs is 4. The van der Waals surface area contributed by atoms with Crippen LogP contribution in [0.3, 0.4) is 0 Å². The lowest BCUT2D eigenvalue weighted by Crippen LogP contribution is -2.12. The summed E-state index contributed by atoms with van der Waals surface area (Å²) < 4.78 is 0. The molecule has 0 bridgehead atoms. The molecule has 0 N–H and O–H groups in total. The summed E-state index contributed by atoms with van der Waals surface area (Å²) in [7, 11) is 0. The zero-order valence-corrected chi connectivity index (χ0v) is 31.7. The summed E-state index contributed by atoms with van der Waals surface area (Å²) in [5.41, 5.74) is 14.1. The molecule has 1 heterocycles. The lowest BCUT2D eigenvalue weighted by atomic mass is 9.91. The number of anilines is 3. The molecular weight excluding hydrogens is 691 g/mol. The lowest BCUT2D eigenvalue weighted by Gasteiger charge is -2.31. The highest BCUT2D eigenvalue weighted by Crippen LogP contribution is 2.54. The molecule has 10 rings (SSSR count). The van der Waals surface area contributed by atoms with E-state index in [4.69, 9.17) is 0 Å². The largest absolute Gasteiger partial charge is 0.310 e. The van der Waals surface area contributed by atoms with Gasteiger partial charge in [0.15, 0.2) is 0 Å². The lowest BCUT2D eigenvalue weighted by molar-refractivity contribution is 0.712. The predicted octanol–water partition coefficient (Wildman–Crippen LogP) is 15.2. The fourth-order valence-electron chi connectivity index (χ4n) is 8.22. The van der Waals surface area contributed by atoms with E-state index < -0.39 is 0 Å². The summed E-state index contributed by atoms with van der Waals surface area (Å²) in [5, 5.41) is 2.46. The molecule has 260 valence electrons. The monoisotopic (exact) mass is 729 g/mol. The van der Waals surface area contributed by atoms with Gasteiger partial charge in [0, 0.05) is 36.5 Å². The van der Waals surface area contributed by atoms with Crippen molar-refractivity contribution in [1.82, 2.24) is 0 Å². The van der Waals surface area contributed by atoms with E-state index in [1.54, 1.807) is 0 Å². The van der Waals surface area contributed by atoms with E-state index in [0.29, 0.717) is 0 Å². The van der Waals surface area contributed by atoms with E-state index in [9.17, 15) is 0 Å². The molecule has 1 nitrogen and oxygen atoms in total. The van der Waals surface area contributed by atoms with Gasteiger partial charge in [-0.15, -0.1) is 0 Å². The van der Waals surface area contributed by atoms with E-state index >= 15 is 0 Å². The minimum Gasteiger partial charge on any atom is -0.310 e. The minimum absolute atomic E-state index is 1.12. The van der Waals surface area contributed by atoms with Gasteiger partial charge in [0.2, 0.25) is 0 Å². The van der Waals surface area contributed by atoms with Gasteiger partial charge in [0.05, 0.1) is 5.69 Å². The van der Waals surface area contributed by atoms with Gasteiger partial charge < -0.3 is 4.90 Å². The molecular formula is C51H39NS2. The zero-order chi connectivity index (χ0) is 35.8. The standard InChI is InChI=1S/C51H39NS2/c1-4-13-35(14-5-1)37-25-28-42(29-26-37)52(43-30-27-40-31-39(23-24-41(40)32-43)36-15-6-2-7-16-36)47-34-51-50(53-48-21-10-11-22-49(48)54-51)33-46(47)45-20-12-18-38-17-8-3-9-19-44(38)45/h1-2,4-7,10-16,18,20-34H,3,8-9,17,19H2. The van der Waals surface area contributed by atoms with Crippen molar-refractivity contribution in [3.05, 3.63) is 187 Å². The summed E-state index contributed by atoms with van der Waals surface area (Å²) in [4.78, 5) is 7.80. The number of hydrogen-bond acceptors (Lipinski definition) is 3. The molecule has 0 unspecified atom stereocenters. The Hall–Kier alpha value is -5.48. The number of hydrogen-bond donors (Lipinski definition) is 0.